The zero-order valence-corrected chi connectivity index (χ0v) is 17.7. The molecule has 1 aromatic heterocycles. The molecular formula is C22H24ClN5O2. The van der Waals surface area contributed by atoms with E-state index < -0.39 is 0 Å². The Balaban J connectivity index is 1.47. The molecule has 0 aliphatic rings. The van der Waals surface area contributed by atoms with Gasteiger partial charge in [-0.05, 0) is 48.9 Å². The molecule has 0 aliphatic carbocycles. The summed E-state index contributed by atoms with van der Waals surface area (Å²) in [7, 11) is 1.63. The molecule has 2 aromatic carbocycles. The van der Waals surface area contributed by atoms with Gasteiger partial charge in [0.15, 0.2) is 0 Å². The topological polar surface area (TPSA) is 88.2 Å². The Morgan fingerprint density at radius 3 is 2.47 bits per heavy atom. The third-order valence-corrected chi connectivity index (χ3v) is 4.48. The lowest BCUT2D eigenvalue weighted by Gasteiger charge is -2.11. The summed E-state index contributed by atoms with van der Waals surface area (Å²) in [6.45, 7) is 2.88. The Morgan fingerprint density at radius 2 is 1.77 bits per heavy atom. The molecule has 3 aromatic rings. The van der Waals surface area contributed by atoms with Gasteiger partial charge in [0, 0.05) is 35.6 Å². The highest BCUT2D eigenvalue weighted by atomic mass is 35.5. The van der Waals surface area contributed by atoms with Crippen LogP contribution in [0.2, 0.25) is 5.02 Å². The van der Waals surface area contributed by atoms with E-state index in [0.717, 1.165) is 22.7 Å². The van der Waals surface area contributed by atoms with Gasteiger partial charge in [0.25, 0.3) is 0 Å². The largest absolute Gasteiger partial charge is 0.497 e. The molecular weight excluding hydrogens is 402 g/mol. The van der Waals surface area contributed by atoms with Gasteiger partial charge in [0.1, 0.15) is 11.6 Å². The van der Waals surface area contributed by atoms with E-state index in [9.17, 15) is 4.79 Å². The molecule has 1 heterocycles. The highest BCUT2D eigenvalue weighted by Crippen LogP contribution is 2.19. The Labute approximate surface area is 180 Å². The maximum atomic E-state index is 12.0. The fourth-order valence-corrected chi connectivity index (χ4v) is 2.89. The summed E-state index contributed by atoms with van der Waals surface area (Å²) in [5, 5.41) is 9.93. The van der Waals surface area contributed by atoms with Gasteiger partial charge in [-0.15, -0.1) is 0 Å². The van der Waals surface area contributed by atoms with Crippen molar-refractivity contribution in [2.75, 3.05) is 30.8 Å². The van der Waals surface area contributed by atoms with Crippen LogP contribution in [0, 0.1) is 6.92 Å². The number of carbonyl (C=O) groups is 1. The predicted molar refractivity (Wildman–Crippen MR) is 120 cm³/mol. The number of aryl methyl sites for hydroxylation is 1. The second-order valence-corrected chi connectivity index (χ2v) is 7.09. The number of amides is 1. The van der Waals surface area contributed by atoms with Crippen molar-refractivity contribution < 1.29 is 9.53 Å². The molecule has 0 aliphatic heterocycles. The molecule has 1 amide bonds. The molecule has 8 heteroatoms. The number of nitrogens with zero attached hydrogens (tertiary/aromatic N) is 2. The summed E-state index contributed by atoms with van der Waals surface area (Å²) in [6.07, 6.45) is 0.314. The number of methoxy groups -OCH3 is 1. The van der Waals surface area contributed by atoms with Crippen molar-refractivity contribution in [1.29, 1.82) is 0 Å². The van der Waals surface area contributed by atoms with Gasteiger partial charge in [0.2, 0.25) is 11.9 Å². The molecule has 0 spiro atoms. The van der Waals surface area contributed by atoms with Crippen molar-refractivity contribution in [3.63, 3.8) is 0 Å². The van der Waals surface area contributed by atoms with Gasteiger partial charge < -0.3 is 20.7 Å². The number of ether oxygens (including phenoxy) is 1. The summed E-state index contributed by atoms with van der Waals surface area (Å²) in [4.78, 5) is 20.9. The Bertz CT molecular complexity index is 978. The second kappa shape index (κ2) is 10.5. The van der Waals surface area contributed by atoms with Crippen molar-refractivity contribution in [1.82, 2.24) is 15.3 Å². The minimum absolute atomic E-state index is 0.0499. The number of aromatic nitrogens is 2. The lowest BCUT2D eigenvalue weighted by Crippen LogP contribution is -2.30. The quantitative estimate of drug-likeness (QED) is 0.450. The molecule has 0 atom stereocenters. The smallest absolute Gasteiger partial charge is 0.224 e. The SMILES string of the molecule is COc1ccc(Nc2cc(C)nc(NCCNC(=O)Cc3ccc(Cl)cc3)n2)cc1. The molecule has 0 saturated carbocycles. The third-order valence-electron chi connectivity index (χ3n) is 4.22. The average Bonchev–Trinajstić information content (AvgIpc) is 2.73. The molecule has 7 nitrogen and oxygen atoms in total. The van der Waals surface area contributed by atoms with E-state index in [4.69, 9.17) is 16.3 Å². The molecule has 0 bridgehead atoms. The van der Waals surface area contributed by atoms with Crippen LogP contribution in [-0.4, -0.2) is 36.1 Å². The van der Waals surface area contributed by atoms with Crippen molar-refractivity contribution >= 4 is 35.0 Å². The summed E-state index contributed by atoms with van der Waals surface area (Å²) in [5.74, 6) is 1.92. The Morgan fingerprint density at radius 1 is 1.03 bits per heavy atom. The van der Waals surface area contributed by atoms with Crippen molar-refractivity contribution in [2.45, 2.75) is 13.3 Å². The first-order valence-electron chi connectivity index (χ1n) is 9.53. The zero-order chi connectivity index (χ0) is 21.3. The van der Waals surface area contributed by atoms with Gasteiger partial charge in [-0.2, -0.15) is 4.98 Å². The number of hydrogen-bond donors (Lipinski definition) is 3. The fraction of sp³-hybridized carbons (Fsp3) is 0.227. The van der Waals surface area contributed by atoms with E-state index in [2.05, 4.69) is 25.9 Å². The standard InChI is InChI=1S/C22H24ClN5O2/c1-15-13-20(27-18-7-9-19(30-2)10-8-18)28-22(26-15)25-12-11-24-21(29)14-16-3-5-17(23)6-4-16/h3-10,13H,11-12,14H2,1-2H3,(H,24,29)(H2,25,26,27,28). The monoisotopic (exact) mass is 425 g/mol. The normalized spacial score (nSPS) is 10.4. The number of carbonyl (C=O) groups excluding carboxylic acids is 1. The number of benzene rings is 2. The lowest BCUT2D eigenvalue weighted by atomic mass is 10.1. The Hall–Kier alpha value is -3.32. The maximum absolute atomic E-state index is 12.0. The van der Waals surface area contributed by atoms with Gasteiger partial charge in [-0.1, -0.05) is 23.7 Å². The fourth-order valence-electron chi connectivity index (χ4n) is 2.76. The van der Waals surface area contributed by atoms with Crippen LogP contribution in [0.25, 0.3) is 0 Å². The van der Waals surface area contributed by atoms with Crippen LogP contribution in [0.1, 0.15) is 11.3 Å². The molecule has 0 fully saturated rings. The van der Waals surface area contributed by atoms with E-state index in [1.165, 1.54) is 0 Å². The van der Waals surface area contributed by atoms with Crippen LogP contribution < -0.4 is 20.7 Å². The summed E-state index contributed by atoms with van der Waals surface area (Å²) in [5.41, 5.74) is 2.64. The summed E-state index contributed by atoms with van der Waals surface area (Å²) >= 11 is 5.86. The lowest BCUT2D eigenvalue weighted by molar-refractivity contribution is -0.120. The maximum Gasteiger partial charge on any atom is 0.224 e. The number of halogens is 1. The van der Waals surface area contributed by atoms with Crippen LogP contribution >= 0.6 is 11.6 Å². The van der Waals surface area contributed by atoms with Crippen molar-refractivity contribution in [3.8, 4) is 5.75 Å². The molecule has 0 radical (unpaired) electrons. The molecule has 3 rings (SSSR count). The van der Waals surface area contributed by atoms with Crippen LogP contribution in [0.15, 0.2) is 54.6 Å². The van der Waals surface area contributed by atoms with Gasteiger partial charge in [-0.3, -0.25) is 4.79 Å². The third kappa shape index (κ3) is 6.63. The van der Waals surface area contributed by atoms with E-state index in [1.54, 1.807) is 19.2 Å². The van der Waals surface area contributed by atoms with Crippen LogP contribution in [0.4, 0.5) is 17.5 Å². The first kappa shape index (κ1) is 21.4. The number of hydrogen-bond acceptors (Lipinski definition) is 6. The van der Waals surface area contributed by atoms with Gasteiger partial charge in [-0.25, -0.2) is 4.98 Å². The van der Waals surface area contributed by atoms with Crippen LogP contribution in [-0.2, 0) is 11.2 Å². The van der Waals surface area contributed by atoms with Crippen molar-refractivity contribution in [3.05, 3.63) is 70.9 Å². The second-order valence-electron chi connectivity index (χ2n) is 6.65. The molecule has 3 N–H and O–H groups in total. The molecule has 0 unspecified atom stereocenters. The highest BCUT2D eigenvalue weighted by molar-refractivity contribution is 6.30. The van der Waals surface area contributed by atoms with Crippen LogP contribution in [0.3, 0.4) is 0 Å². The number of nitrogens with one attached hydrogen (secondary N) is 3. The molecule has 156 valence electrons. The summed E-state index contributed by atoms with van der Waals surface area (Å²) < 4.78 is 5.17. The van der Waals surface area contributed by atoms with Gasteiger partial charge in [0.05, 0.1) is 13.5 Å². The van der Waals surface area contributed by atoms with Crippen LogP contribution in [0.5, 0.6) is 5.75 Å². The first-order chi connectivity index (χ1) is 14.5. The number of anilines is 3. The van der Waals surface area contributed by atoms with Crippen molar-refractivity contribution in [2.24, 2.45) is 0 Å². The average molecular weight is 426 g/mol. The summed E-state index contributed by atoms with van der Waals surface area (Å²) in [6, 6.07) is 16.7. The highest BCUT2D eigenvalue weighted by Gasteiger charge is 2.05. The minimum Gasteiger partial charge on any atom is -0.497 e. The molecule has 0 saturated heterocycles. The number of rotatable bonds is 9. The van der Waals surface area contributed by atoms with E-state index >= 15 is 0 Å². The van der Waals surface area contributed by atoms with E-state index in [0.29, 0.717) is 36.3 Å². The first-order valence-corrected chi connectivity index (χ1v) is 9.91. The van der Waals surface area contributed by atoms with Gasteiger partial charge >= 0.3 is 0 Å². The van der Waals surface area contributed by atoms with E-state index in [1.807, 2.05) is 49.4 Å². The molecule has 30 heavy (non-hydrogen) atoms. The Kier molecular flexibility index (Phi) is 7.45. The predicted octanol–water partition coefficient (Wildman–Crippen LogP) is 3.96. The van der Waals surface area contributed by atoms with E-state index in [-0.39, 0.29) is 5.91 Å². The zero-order valence-electron chi connectivity index (χ0n) is 16.9. The minimum atomic E-state index is -0.0499.